The SMILES string of the molecule is CCCOc1ccc(NCC(=O)Nc2cccc(OC(C)CC)c2)cc1. The van der Waals surface area contributed by atoms with Gasteiger partial charge in [-0.25, -0.2) is 0 Å². The van der Waals surface area contributed by atoms with Gasteiger partial charge in [-0.05, 0) is 56.2 Å². The lowest BCUT2D eigenvalue weighted by Crippen LogP contribution is -2.21. The molecule has 1 unspecified atom stereocenters. The molecule has 2 N–H and O–H groups in total. The fourth-order valence-corrected chi connectivity index (χ4v) is 2.24. The van der Waals surface area contributed by atoms with Gasteiger partial charge in [0.25, 0.3) is 0 Å². The minimum absolute atomic E-state index is 0.114. The Kier molecular flexibility index (Phi) is 7.80. The third kappa shape index (κ3) is 6.67. The largest absolute Gasteiger partial charge is 0.494 e. The second-order valence-corrected chi connectivity index (χ2v) is 6.14. The highest BCUT2D eigenvalue weighted by Crippen LogP contribution is 2.19. The van der Waals surface area contributed by atoms with Gasteiger partial charge in [0, 0.05) is 17.4 Å². The number of amides is 1. The van der Waals surface area contributed by atoms with Gasteiger partial charge >= 0.3 is 0 Å². The molecule has 0 radical (unpaired) electrons. The van der Waals surface area contributed by atoms with Crippen molar-refractivity contribution >= 4 is 17.3 Å². The average Bonchev–Trinajstić information content (AvgIpc) is 2.65. The number of carbonyl (C=O) groups excluding carboxylic acids is 1. The van der Waals surface area contributed by atoms with Crippen LogP contribution in [0.25, 0.3) is 0 Å². The molecule has 1 amide bonds. The minimum atomic E-state index is -0.114. The fraction of sp³-hybridized carbons (Fsp3) is 0.381. The lowest BCUT2D eigenvalue weighted by molar-refractivity contribution is -0.114. The van der Waals surface area contributed by atoms with Crippen LogP contribution in [0, 0.1) is 0 Å². The van der Waals surface area contributed by atoms with E-state index in [2.05, 4.69) is 24.5 Å². The van der Waals surface area contributed by atoms with Crippen LogP contribution in [-0.2, 0) is 4.79 Å². The summed E-state index contributed by atoms with van der Waals surface area (Å²) in [6.45, 7) is 7.06. The molecule has 2 aromatic carbocycles. The van der Waals surface area contributed by atoms with E-state index in [-0.39, 0.29) is 18.6 Å². The van der Waals surface area contributed by atoms with E-state index in [4.69, 9.17) is 9.47 Å². The molecule has 5 nitrogen and oxygen atoms in total. The zero-order valence-electron chi connectivity index (χ0n) is 15.7. The van der Waals surface area contributed by atoms with Gasteiger partial charge in [0.15, 0.2) is 0 Å². The van der Waals surface area contributed by atoms with Crippen molar-refractivity contribution in [1.29, 1.82) is 0 Å². The van der Waals surface area contributed by atoms with E-state index < -0.39 is 0 Å². The molecule has 0 spiro atoms. The zero-order chi connectivity index (χ0) is 18.8. The van der Waals surface area contributed by atoms with Crippen molar-refractivity contribution in [1.82, 2.24) is 0 Å². The topological polar surface area (TPSA) is 59.6 Å². The minimum Gasteiger partial charge on any atom is -0.494 e. The van der Waals surface area contributed by atoms with E-state index in [1.165, 1.54) is 0 Å². The van der Waals surface area contributed by atoms with Crippen molar-refractivity contribution in [2.45, 2.75) is 39.7 Å². The molecular weight excluding hydrogens is 328 g/mol. The Labute approximate surface area is 155 Å². The number of rotatable bonds is 10. The molecule has 0 fully saturated rings. The van der Waals surface area contributed by atoms with E-state index in [1.54, 1.807) is 0 Å². The second-order valence-electron chi connectivity index (χ2n) is 6.14. The molecule has 0 aliphatic carbocycles. The summed E-state index contributed by atoms with van der Waals surface area (Å²) in [6.07, 6.45) is 2.05. The summed E-state index contributed by atoms with van der Waals surface area (Å²) in [5, 5.41) is 5.98. The predicted octanol–water partition coefficient (Wildman–Crippen LogP) is 4.70. The number of ether oxygens (including phenoxy) is 2. The average molecular weight is 356 g/mol. The Morgan fingerprint density at radius 3 is 2.50 bits per heavy atom. The van der Waals surface area contributed by atoms with Crippen LogP contribution >= 0.6 is 0 Å². The number of anilines is 2. The van der Waals surface area contributed by atoms with Crippen molar-refractivity contribution < 1.29 is 14.3 Å². The first kappa shape index (κ1) is 19.6. The van der Waals surface area contributed by atoms with Crippen LogP contribution in [0.4, 0.5) is 11.4 Å². The fourth-order valence-electron chi connectivity index (χ4n) is 2.24. The predicted molar refractivity (Wildman–Crippen MR) is 106 cm³/mol. The summed E-state index contributed by atoms with van der Waals surface area (Å²) < 4.78 is 11.3. The molecule has 1 atom stereocenters. The number of hydrogen-bond acceptors (Lipinski definition) is 4. The zero-order valence-corrected chi connectivity index (χ0v) is 15.7. The summed E-state index contributed by atoms with van der Waals surface area (Å²) in [4.78, 5) is 12.1. The number of hydrogen-bond donors (Lipinski definition) is 2. The summed E-state index contributed by atoms with van der Waals surface area (Å²) in [6, 6.07) is 15.0. The first-order valence-electron chi connectivity index (χ1n) is 9.14. The maximum absolute atomic E-state index is 12.1. The van der Waals surface area contributed by atoms with Crippen LogP contribution in [0.2, 0.25) is 0 Å². The van der Waals surface area contributed by atoms with E-state index in [1.807, 2.05) is 55.5 Å². The quantitative estimate of drug-likeness (QED) is 0.648. The Morgan fingerprint density at radius 2 is 1.81 bits per heavy atom. The lowest BCUT2D eigenvalue weighted by Gasteiger charge is -2.14. The van der Waals surface area contributed by atoms with Gasteiger partial charge in [-0.15, -0.1) is 0 Å². The van der Waals surface area contributed by atoms with Crippen molar-refractivity contribution in [3.8, 4) is 11.5 Å². The molecule has 0 bridgehead atoms. The van der Waals surface area contributed by atoms with Crippen LogP contribution < -0.4 is 20.1 Å². The van der Waals surface area contributed by atoms with E-state index in [0.29, 0.717) is 6.61 Å². The van der Waals surface area contributed by atoms with Crippen molar-refractivity contribution in [3.63, 3.8) is 0 Å². The monoisotopic (exact) mass is 356 g/mol. The molecule has 2 aromatic rings. The maximum Gasteiger partial charge on any atom is 0.243 e. The molecule has 2 rings (SSSR count). The van der Waals surface area contributed by atoms with Gasteiger partial charge in [-0.3, -0.25) is 4.79 Å². The number of benzene rings is 2. The van der Waals surface area contributed by atoms with Crippen LogP contribution in [0.15, 0.2) is 48.5 Å². The molecule has 0 aliphatic heterocycles. The Balaban J connectivity index is 1.82. The van der Waals surface area contributed by atoms with Crippen molar-refractivity contribution in [2.24, 2.45) is 0 Å². The highest BCUT2D eigenvalue weighted by Gasteiger charge is 2.05. The second kappa shape index (κ2) is 10.3. The van der Waals surface area contributed by atoms with Gasteiger partial charge in [-0.2, -0.15) is 0 Å². The van der Waals surface area contributed by atoms with Crippen molar-refractivity contribution in [2.75, 3.05) is 23.8 Å². The maximum atomic E-state index is 12.1. The summed E-state index contributed by atoms with van der Waals surface area (Å²) in [7, 11) is 0. The van der Waals surface area contributed by atoms with Gasteiger partial charge in [-0.1, -0.05) is 19.9 Å². The van der Waals surface area contributed by atoms with Gasteiger partial charge in [0.05, 0.1) is 19.3 Å². The Bertz CT molecular complexity index is 686. The molecule has 0 saturated carbocycles. The van der Waals surface area contributed by atoms with Gasteiger partial charge in [0.1, 0.15) is 11.5 Å². The first-order valence-corrected chi connectivity index (χ1v) is 9.14. The molecule has 0 aliphatic rings. The smallest absolute Gasteiger partial charge is 0.243 e. The number of nitrogens with one attached hydrogen (secondary N) is 2. The highest BCUT2D eigenvalue weighted by atomic mass is 16.5. The number of carbonyl (C=O) groups is 1. The summed E-state index contributed by atoms with van der Waals surface area (Å²) in [5.41, 5.74) is 1.60. The normalized spacial score (nSPS) is 11.5. The van der Waals surface area contributed by atoms with E-state index >= 15 is 0 Å². The standard InChI is InChI=1S/C21H28N2O3/c1-4-13-25-19-11-9-17(10-12-19)22-15-21(24)23-18-7-6-8-20(14-18)26-16(3)5-2/h6-12,14,16,22H,4-5,13,15H2,1-3H3,(H,23,24). The molecule has 0 saturated heterocycles. The highest BCUT2D eigenvalue weighted by molar-refractivity contribution is 5.93. The van der Waals surface area contributed by atoms with E-state index in [9.17, 15) is 4.79 Å². The summed E-state index contributed by atoms with van der Waals surface area (Å²) >= 11 is 0. The van der Waals surface area contributed by atoms with Crippen LogP contribution in [0.5, 0.6) is 11.5 Å². The molecular formula is C21H28N2O3. The van der Waals surface area contributed by atoms with Gasteiger partial charge < -0.3 is 20.1 Å². The lowest BCUT2D eigenvalue weighted by atomic mass is 10.2. The van der Waals surface area contributed by atoms with Crippen LogP contribution in [0.1, 0.15) is 33.6 Å². The molecule has 140 valence electrons. The van der Waals surface area contributed by atoms with Crippen molar-refractivity contribution in [3.05, 3.63) is 48.5 Å². The molecule has 26 heavy (non-hydrogen) atoms. The van der Waals surface area contributed by atoms with E-state index in [0.717, 1.165) is 35.7 Å². The van der Waals surface area contributed by atoms with Crippen LogP contribution in [-0.4, -0.2) is 25.2 Å². The third-order valence-corrected chi connectivity index (χ3v) is 3.81. The molecule has 0 heterocycles. The van der Waals surface area contributed by atoms with Crippen LogP contribution in [0.3, 0.4) is 0 Å². The molecule has 0 aromatic heterocycles. The summed E-state index contributed by atoms with van der Waals surface area (Å²) in [5.74, 6) is 1.48. The van der Waals surface area contributed by atoms with Gasteiger partial charge in [0.2, 0.25) is 5.91 Å². The Morgan fingerprint density at radius 1 is 1.04 bits per heavy atom. The molecule has 5 heteroatoms. The Hall–Kier alpha value is -2.69. The third-order valence-electron chi connectivity index (χ3n) is 3.81. The first-order chi connectivity index (χ1) is 12.6.